The summed E-state index contributed by atoms with van der Waals surface area (Å²) < 4.78 is 1.09. The molecule has 1 atom stereocenters. The highest BCUT2D eigenvalue weighted by Crippen LogP contribution is 2.32. The molecule has 3 N–H and O–H groups in total. The summed E-state index contributed by atoms with van der Waals surface area (Å²) >= 11 is 1.55. The van der Waals surface area contributed by atoms with E-state index in [2.05, 4.69) is 15.3 Å². The lowest BCUT2D eigenvalue weighted by Gasteiger charge is -2.24. The molecule has 0 fully saturated rings. The van der Waals surface area contributed by atoms with Crippen molar-refractivity contribution in [2.75, 3.05) is 11.9 Å². The zero-order chi connectivity index (χ0) is 23.7. The summed E-state index contributed by atoms with van der Waals surface area (Å²) in [4.78, 5) is 34.8. The fourth-order valence-electron chi connectivity index (χ4n) is 4.36. The first-order valence-corrected chi connectivity index (χ1v) is 12.0. The summed E-state index contributed by atoms with van der Waals surface area (Å²) in [5.41, 5.74) is 3.93. The first kappa shape index (κ1) is 22.0. The summed E-state index contributed by atoms with van der Waals surface area (Å²) in [6.45, 7) is 1.97. The molecule has 0 aliphatic rings. The Morgan fingerprint density at radius 3 is 2.62 bits per heavy atom. The van der Waals surface area contributed by atoms with Crippen LogP contribution >= 0.6 is 11.3 Å². The van der Waals surface area contributed by atoms with E-state index in [-0.39, 0.29) is 18.2 Å². The third-order valence-corrected chi connectivity index (χ3v) is 7.35. The number of fused-ring (bicyclic) bond motifs is 2. The Hall–Kier alpha value is -3.84. The Balaban J connectivity index is 1.38. The molecule has 5 aromatic rings. The largest absolute Gasteiger partial charge is 0.366 e. The SMILES string of the molecule is Cc1[nH]c2ccccc2c1CC(=O)N[C@@H](Cc1ccccc1)C(=O)N(C)c1cc2c[nH]cc2s1. The van der Waals surface area contributed by atoms with Crippen molar-refractivity contribution in [3.05, 3.63) is 89.9 Å². The number of hydrogen-bond donors (Lipinski definition) is 3. The first-order valence-electron chi connectivity index (χ1n) is 11.2. The standard InChI is InChI=1S/C27H26N4O2S/c1-17-21(20-10-6-7-11-22(20)29-17)14-25(32)30-23(12-18-8-4-3-5-9-18)27(33)31(2)26-13-19-15-28-16-24(19)34-26/h3-11,13,15-16,23,28-29H,12,14H2,1-2H3,(H,30,32)/t23-/m0/s1. The topological polar surface area (TPSA) is 81.0 Å². The highest BCUT2D eigenvalue weighted by Gasteiger charge is 2.27. The van der Waals surface area contributed by atoms with Crippen molar-refractivity contribution >= 4 is 49.1 Å². The molecular formula is C27H26N4O2S. The van der Waals surface area contributed by atoms with Crippen LogP contribution in [0.25, 0.3) is 21.0 Å². The maximum Gasteiger partial charge on any atom is 0.250 e. The van der Waals surface area contributed by atoms with Gasteiger partial charge in [0.1, 0.15) is 6.04 Å². The molecule has 0 radical (unpaired) electrons. The van der Waals surface area contributed by atoms with Gasteiger partial charge >= 0.3 is 0 Å². The summed E-state index contributed by atoms with van der Waals surface area (Å²) in [6, 6.07) is 19.1. The van der Waals surface area contributed by atoms with Gasteiger partial charge in [0.25, 0.3) is 0 Å². The number of carbonyl (C=O) groups excluding carboxylic acids is 2. The number of amides is 2. The monoisotopic (exact) mass is 470 g/mol. The number of benzene rings is 2. The third kappa shape index (κ3) is 4.34. The Morgan fingerprint density at radius 2 is 1.82 bits per heavy atom. The molecule has 3 heterocycles. The highest BCUT2D eigenvalue weighted by molar-refractivity contribution is 7.23. The van der Waals surface area contributed by atoms with Crippen LogP contribution in [-0.4, -0.2) is 34.9 Å². The van der Waals surface area contributed by atoms with Crippen molar-refractivity contribution < 1.29 is 9.59 Å². The van der Waals surface area contributed by atoms with E-state index < -0.39 is 6.04 Å². The van der Waals surface area contributed by atoms with Gasteiger partial charge in [-0.2, -0.15) is 0 Å². The van der Waals surface area contributed by atoms with Crippen LogP contribution < -0.4 is 10.2 Å². The molecule has 0 aliphatic carbocycles. The number of para-hydroxylation sites is 1. The number of anilines is 1. The fourth-order valence-corrected chi connectivity index (χ4v) is 5.36. The zero-order valence-electron chi connectivity index (χ0n) is 19.1. The van der Waals surface area contributed by atoms with Crippen LogP contribution in [0.2, 0.25) is 0 Å². The molecule has 0 unspecified atom stereocenters. The number of H-pyrrole nitrogens is 2. The maximum atomic E-state index is 13.6. The van der Waals surface area contributed by atoms with E-state index in [9.17, 15) is 9.59 Å². The molecular weight excluding hydrogens is 444 g/mol. The van der Waals surface area contributed by atoms with Crippen LogP contribution in [0.4, 0.5) is 5.00 Å². The number of thiophene rings is 1. The van der Waals surface area contributed by atoms with Crippen LogP contribution in [0.15, 0.2) is 73.1 Å². The van der Waals surface area contributed by atoms with Gasteiger partial charge in [-0.3, -0.25) is 9.59 Å². The Bertz CT molecular complexity index is 1440. The van der Waals surface area contributed by atoms with Crippen molar-refractivity contribution in [1.29, 1.82) is 0 Å². The number of aryl methyl sites for hydroxylation is 1. The van der Waals surface area contributed by atoms with Gasteiger partial charge in [-0.05, 0) is 30.2 Å². The average molecular weight is 471 g/mol. The molecule has 5 rings (SSSR count). The molecule has 2 aromatic carbocycles. The molecule has 0 aliphatic heterocycles. The van der Waals surface area contributed by atoms with E-state index >= 15 is 0 Å². The number of carbonyl (C=O) groups is 2. The van der Waals surface area contributed by atoms with Gasteiger partial charge in [0.05, 0.1) is 16.1 Å². The van der Waals surface area contributed by atoms with Crippen LogP contribution in [0.3, 0.4) is 0 Å². The molecule has 172 valence electrons. The Labute approximate surface area is 201 Å². The van der Waals surface area contributed by atoms with Gasteiger partial charge in [0.15, 0.2) is 0 Å². The van der Waals surface area contributed by atoms with Crippen LogP contribution in [-0.2, 0) is 22.4 Å². The molecule has 0 bridgehead atoms. The minimum atomic E-state index is -0.673. The predicted octanol–water partition coefficient (Wildman–Crippen LogP) is 4.95. The van der Waals surface area contributed by atoms with E-state index in [1.807, 2.05) is 80.0 Å². The first-order chi connectivity index (χ1) is 16.5. The van der Waals surface area contributed by atoms with Crippen molar-refractivity contribution in [3.8, 4) is 0 Å². The quantitative estimate of drug-likeness (QED) is 0.315. The second-order valence-corrected chi connectivity index (χ2v) is 9.58. The lowest BCUT2D eigenvalue weighted by molar-refractivity contribution is -0.127. The number of nitrogens with zero attached hydrogens (tertiary/aromatic N) is 1. The Morgan fingerprint density at radius 1 is 1.06 bits per heavy atom. The summed E-state index contributed by atoms with van der Waals surface area (Å²) in [6.07, 6.45) is 4.48. The average Bonchev–Trinajstić information content (AvgIpc) is 3.52. The van der Waals surface area contributed by atoms with Gasteiger partial charge in [-0.25, -0.2) is 0 Å². The van der Waals surface area contributed by atoms with Gasteiger partial charge in [-0.15, -0.1) is 11.3 Å². The molecule has 0 saturated carbocycles. The summed E-state index contributed by atoms with van der Waals surface area (Å²) in [5, 5.41) is 5.98. The van der Waals surface area contributed by atoms with Crippen molar-refractivity contribution in [2.24, 2.45) is 0 Å². The van der Waals surface area contributed by atoms with E-state index in [4.69, 9.17) is 0 Å². The number of hydrogen-bond acceptors (Lipinski definition) is 3. The fraction of sp³-hybridized carbons (Fsp3) is 0.185. The second-order valence-electron chi connectivity index (χ2n) is 8.52. The van der Waals surface area contributed by atoms with Crippen molar-refractivity contribution in [3.63, 3.8) is 0 Å². The minimum Gasteiger partial charge on any atom is -0.366 e. The molecule has 6 nitrogen and oxygen atoms in total. The van der Waals surface area contributed by atoms with E-state index in [1.54, 1.807) is 23.3 Å². The lowest BCUT2D eigenvalue weighted by Crippen LogP contribution is -2.49. The van der Waals surface area contributed by atoms with E-state index in [0.29, 0.717) is 6.42 Å². The summed E-state index contributed by atoms with van der Waals surface area (Å²) in [5.74, 6) is -0.309. The van der Waals surface area contributed by atoms with Crippen molar-refractivity contribution in [1.82, 2.24) is 15.3 Å². The molecule has 3 aromatic heterocycles. The maximum absolute atomic E-state index is 13.6. The molecule has 2 amide bonds. The number of rotatable bonds is 7. The van der Waals surface area contributed by atoms with E-state index in [1.165, 1.54) is 0 Å². The predicted molar refractivity (Wildman–Crippen MR) is 138 cm³/mol. The van der Waals surface area contributed by atoms with Gasteiger partial charge < -0.3 is 20.2 Å². The normalized spacial score (nSPS) is 12.2. The van der Waals surface area contributed by atoms with Gasteiger partial charge in [0, 0.05) is 47.8 Å². The highest BCUT2D eigenvalue weighted by atomic mass is 32.1. The zero-order valence-corrected chi connectivity index (χ0v) is 19.9. The van der Waals surface area contributed by atoms with Crippen LogP contribution in [0, 0.1) is 6.92 Å². The van der Waals surface area contributed by atoms with Gasteiger partial charge in [0.2, 0.25) is 11.8 Å². The number of nitrogens with one attached hydrogen (secondary N) is 3. The lowest BCUT2D eigenvalue weighted by atomic mass is 10.0. The van der Waals surface area contributed by atoms with Gasteiger partial charge in [-0.1, -0.05) is 48.5 Å². The number of aromatic nitrogens is 2. The number of aromatic amines is 2. The third-order valence-electron chi connectivity index (χ3n) is 6.17. The number of likely N-dealkylation sites (N-methyl/N-ethyl adjacent to an activating group) is 1. The molecule has 7 heteroatoms. The molecule has 0 saturated heterocycles. The van der Waals surface area contributed by atoms with Crippen molar-refractivity contribution in [2.45, 2.75) is 25.8 Å². The van der Waals surface area contributed by atoms with Crippen LogP contribution in [0.5, 0.6) is 0 Å². The molecule has 0 spiro atoms. The van der Waals surface area contributed by atoms with Crippen LogP contribution in [0.1, 0.15) is 16.8 Å². The summed E-state index contributed by atoms with van der Waals surface area (Å²) in [7, 11) is 1.77. The molecule has 34 heavy (non-hydrogen) atoms. The van der Waals surface area contributed by atoms with E-state index in [0.717, 1.165) is 42.8 Å². The Kier molecular flexibility index (Phi) is 5.94. The smallest absolute Gasteiger partial charge is 0.250 e. The minimum absolute atomic E-state index is 0.138. The second kappa shape index (κ2) is 9.19.